The molecule has 2 aromatic carbocycles. The monoisotopic (exact) mass is 298 g/mol. The molecule has 0 saturated carbocycles. The molecule has 3 aromatic rings. The Morgan fingerprint density at radius 3 is 2.67 bits per heavy atom. The lowest BCUT2D eigenvalue weighted by atomic mass is 10.2. The van der Waals surface area contributed by atoms with Gasteiger partial charge in [-0.15, -0.1) is 0 Å². The first-order chi connectivity index (χ1) is 10.1. The summed E-state index contributed by atoms with van der Waals surface area (Å²) in [7, 11) is 0. The molecule has 1 heterocycles. The number of nitrogens with two attached hydrogens (primary N) is 1. The summed E-state index contributed by atoms with van der Waals surface area (Å²) in [6, 6.07) is 12.0. The molecule has 0 spiro atoms. The van der Waals surface area contributed by atoms with E-state index in [0.29, 0.717) is 32.9 Å². The Kier molecular flexibility index (Phi) is 3.46. The molecule has 104 valence electrons. The molecule has 0 fully saturated rings. The zero-order valence-corrected chi connectivity index (χ0v) is 11.7. The Morgan fingerprint density at radius 1 is 1.14 bits per heavy atom. The van der Waals surface area contributed by atoms with Gasteiger partial charge in [-0.2, -0.15) is 0 Å². The highest BCUT2D eigenvalue weighted by Gasteiger charge is 2.05. The number of benzene rings is 2. The van der Waals surface area contributed by atoms with Crippen LogP contribution in [-0.2, 0) is 0 Å². The van der Waals surface area contributed by atoms with E-state index in [1.807, 2.05) is 0 Å². The maximum atomic E-state index is 12.3. The largest absolute Gasteiger partial charge is 0.463 e. The molecule has 5 heteroatoms. The highest BCUT2D eigenvalue weighted by atomic mass is 35.5. The third kappa shape index (κ3) is 2.80. The SMILES string of the molecule is Nc1ccc(N=Cc2coc3ccc(Cl)cc3c2=O)cc1. The second-order valence-electron chi connectivity index (χ2n) is 4.51. The summed E-state index contributed by atoms with van der Waals surface area (Å²) in [6.07, 6.45) is 2.86. The topological polar surface area (TPSA) is 68.6 Å². The Labute approximate surface area is 125 Å². The van der Waals surface area contributed by atoms with Crippen molar-refractivity contribution in [3.8, 4) is 0 Å². The van der Waals surface area contributed by atoms with Crippen molar-refractivity contribution in [3.63, 3.8) is 0 Å². The van der Waals surface area contributed by atoms with Crippen LogP contribution in [0, 0.1) is 0 Å². The molecule has 0 aliphatic carbocycles. The summed E-state index contributed by atoms with van der Waals surface area (Å²) in [4.78, 5) is 16.6. The number of halogens is 1. The predicted octanol–water partition coefficient (Wildman–Crippen LogP) is 3.78. The molecule has 0 radical (unpaired) electrons. The second kappa shape index (κ2) is 5.42. The molecule has 2 N–H and O–H groups in total. The number of aliphatic imine (C=N–C) groups is 1. The van der Waals surface area contributed by atoms with Gasteiger partial charge in [-0.25, -0.2) is 0 Å². The van der Waals surface area contributed by atoms with Crippen molar-refractivity contribution in [2.24, 2.45) is 4.99 Å². The molecule has 3 rings (SSSR count). The zero-order chi connectivity index (χ0) is 14.8. The van der Waals surface area contributed by atoms with Crippen molar-refractivity contribution >= 4 is 40.2 Å². The molecule has 0 aliphatic heterocycles. The summed E-state index contributed by atoms with van der Waals surface area (Å²) in [5.41, 5.74) is 7.66. The quantitative estimate of drug-likeness (QED) is 0.578. The molecule has 0 unspecified atom stereocenters. The summed E-state index contributed by atoms with van der Waals surface area (Å²) in [5.74, 6) is 0. The number of hydrogen-bond donors (Lipinski definition) is 1. The van der Waals surface area contributed by atoms with E-state index in [0.717, 1.165) is 0 Å². The van der Waals surface area contributed by atoms with Gasteiger partial charge in [0.15, 0.2) is 0 Å². The van der Waals surface area contributed by atoms with Crippen molar-refractivity contribution in [1.29, 1.82) is 0 Å². The van der Waals surface area contributed by atoms with Gasteiger partial charge in [-0.05, 0) is 42.5 Å². The van der Waals surface area contributed by atoms with E-state index in [1.54, 1.807) is 42.5 Å². The summed E-state index contributed by atoms with van der Waals surface area (Å²) in [5, 5.41) is 0.922. The molecule has 0 saturated heterocycles. The molecular formula is C16H11ClN2O2. The third-order valence-electron chi connectivity index (χ3n) is 3.01. The van der Waals surface area contributed by atoms with E-state index in [2.05, 4.69) is 4.99 Å². The minimum Gasteiger partial charge on any atom is -0.463 e. The van der Waals surface area contributed by atoms with Crippen LogP contribution in [-0.4, -0.2) is 6.21 Å². The first-order valence-corrected chi connectivity index (χ1v) is 6.62. The van der Waals surface area contributed by atoms with Crippen LogP contribution in [0.1, 0.15) is 5.56 Å². The molecule has 4 nitrogen and oxygen atoms in total. The Morgan fingerprint density at radius 2 is 1.90 bits per heavy atom. The second-order valence-corrected chi connectivity index (χ2v) is 4.95. The number of nitrogen functional groups attached to an aromatic ring is 1. The highest BCUT2D eigenvalue weighted by molar-refractivity contribution is 6.31. The Bertz CT molecular complexity index is 883. The fourth-order valence-corrected chi connectivity index (χ4v) is 2.08. The van der Waals surface area contributed by atoms with Crippen molar-refractivity contribution in [2.45, 2.75) is 0 Å². The number of anilines is 1. The molecule has 1 aromatic heterocycles. The Balaban J connectivity index is 2.03. The number of nitrogens with zero attached hydrogens (tertiary/aromatic N) is 1. The van der Waals surface area contributed by atoms with Gasteiger partial charge in [-0.3, -0.25) is 9.79 Å². The van der Waals surface area contributed by atoms with Crippen LogP contribution in [0.2, 0.25) is 5.02 Å². The van der Waals surface area contributed by atoms with Gasteiger partial charge in [0.2, 0.25) is 5.43 Å². The fraction of sp³-hybridized carbons (Fsp3) is 0. The third-order valence-corrected chi connectivity index (χ3v) is 3.24. The van der Waals surface area contributed by atoms with Gasteiger partial charge in [0.05, 0.1) is 16.6 Å². The molecule has 0 amide bonds. The van der Waals surface area contributed by atoms with E-state index >= 15 is 0 Å². The van der Waals surface area contributed by atoms with Crippen molar-refractivity contribution < 1.29 is 4.42 Å². The molecule has 0 aliphatic rings. The van der Waals surface area contributed by atoms with Gasteiger partial charge in [0.25, 0.3) is 0 Å². The van der Waals surface area contributed by atoms with Crippen LogP contribution in [0.25, 0.3) is 11.0 Å². The predicted molar refractivity (Wildman–Crippen MR) is 85.6 cm³/mol. The number of hydrogen-bond acceptors (Lipinski definition) is 4. The van der Waals surface area contributed by atoms with Gasteiger partial charge in [0.1, 0.15) is 11.8 Å². The zero-order valence-electron chi connectivity index (χ0n) is 10.9. The first-order valence-electron chi connectivity index (χ1n) is 6.24. The van der Waals surface area contributed by atoms with E-state index in [9.17, 15) is 4.79 Å². The van der Waals surface area contributed by atoms with Gasteiger partial charge >= 0.3 is 0 Å². The lowest BCUT2D eigenvalue weighted by Gasteiger charge is -1.99. The smallest absolute Gasteiger partial charge is 0.201 e. The van der Waals surface area contributed by atoms with Crippen LogP contribution in [0.5, 0.6) is 0 Å². The van der Waals surface area contributed by atoms with Crippen LogP contribution >= 0.6 is 11.6 Å². The minimum atomic E-state index is -0.169. The van der Waals surface area contributed by atoms with E-state index in [1.165, 1.54) is 12.5 Å². The molecular weight excluding hydrogens is 288 g/mol. The standard InChI is InChI=1S/C16H11ClN2O2/c17-11-1-6-15-14(7-11)16(20)10(9-21-15)8-19-13-4-2-12(18)3-5-13/h1-9H,18H2. The summed E-state index contributed by atoms with van der Waals surface area (Å²) in [6.45, 7) is 0. The average Bonchev–Trinajstić information content (AvgIpc) is 2.49. The summed E-state index contributed by atoms with van der Waals surface area (Å²) >= 11 is 5.90. The maximum Gasteiger partial charge on any atom is 0.201 e. The van der Waals surface area contributed by atoms with E-state index < -0.39 is 0 Å². The minimum absolute atomic E-state index is 0.169. The summed E-state index contributed by atoms with van der Waals surface area (Å²) < 4.78 is 5.42. The van der Waals surface area contributed by atoms with Crippen LogP contribution in [0.3, 0.4) is 0 Å². The normalized spacial score (nSPS) is 11.3. The average molecular weight is 299 g/mol. The van der Waals surface area contributed by atoms with Crippen molar-refractivity contribution in [1.82, 2.24) is 0 Å². The van der Waals surface area contributed by atoms with Crippen molar-refractivity contribution in [2.75, 3.05) is 5.73 Å². The lowest BCUT2D eigenvalue weighted by Crippen LogP contribution is -2.07. The van der Waals surface area contributed by atoms with Gasteiger partial charge < -0.3 is 10.2 Å². The Hall–Kier alpha value is -2.59. The lowest BCUT2D eigenvalue weighted by molar-refractivity contribution is 0.601. The number of fused-ring (bicyclic) bond motifs is 1. The van der Waals surface area contributed by atoms with Crippen molar-refractivity contribution in [3.05, 3.63) is 69.5 Å². The van der Waals surface area contributed by atoms with Gasteiger partial charge in [-0.1, -0.05) is 11.6 Å². The van der Waals surface area contributed by atoms with E-state index in [-0.39, 0.29) is 5.43 Å². The first kappa shape index (κ1) is 13.4. The van der Waals surface area contributed by atoms with E-state index in [4.69, 9.17) is 21.8 Å². The molecule has 21 heavy (non-hydrogen) atoms. The maximum absolute atomic E-state index is 12.3. The van der Waals surface area contributed by atoms with Crippen LogP contribution in [0.4, 0.5) is 11.4 Å². The van der Waals surface area contributed by atoms with Gasteiger partial charge in [0, 0.05) is 16.9 Å². The fourth-order valence-electron chi connectivity index (χ4n) is 1.91. The molecule has 0 atom stereocenters. The number of rotatable bonds is 2. The van der Waals surface area contributed by atoms with Crippen LogP contribution in [0.15, 0.2) is 62.9 Å². The van der Waals surface area contributed by atoms with Crippen LogP contribution < -0.4 is 11.2 Å². The molecule has 0 bridgehead atoms. The highest BCUT2D eigenvalue weighted by Crippen LogP contribution is 2.17.